The van der Waals surface area contributed by atoms with Crippen LogP contribution >= 0.6 is 0 Å². The summed E-state index contributed by atoms with van der Waals surface area (Å²) in [7, 11) is -3.11. The van der Waals surface area contributed by atoms with Crippen molar-refractivity contribution in [3.8, 4) is 0 Å². The van der Waals surface area contributed by atoms with E-state index in [1.54, 1.807) is 12.1 Å². The van der Waals surface area contributed by atoms with Gasteiger partial charge in [0.1, 0.15) is 0 Å². The molecule has 0 radical (unpaired) electrons. The summed E-state index contributed by atoms with van der Waals surface area (Å²) >= 11 is 0. The molecule has 0 amide bonds. The fourth-order valence-corrected chi connectivity index (χ4v) is 3.50. The van der Waals surface area contributed by atoms with Crippen molar-refractivity contribution in [3.05, 3.63) is 71.8 Å². The molecule has 1 aliphatic rings. The van der Waals surface area contributed by atoms with Crippen LogP contribution in [-0.4, -0.2) is 32.7 Å². The molecule has 2 aromatic rings. The van der Waals surface area contributed by atoms with Crippen molar-refractivity contribution in [3.63, 3.8) is 0 Å². The van der Waals surface area contributed by atoms with Gasteiger partial charge in [-0.05, 0) is 35.3 Å². The first kappa shape index (κ1) is 16.0. The molecular formula is C19H21NO2S. The molecular weight excluding hydrogens is 306 g/mol. The van der Waals surface area contributed by atoms with Gasteiger partial charge in [-0.2, -0.15) is 0 Å². The lowest BCUT2D eigenvalue weighted by molar-refractivity contribution is 0.294. The van der Waals surface area contributed by atoms with E-state index in [1.165, 1.54) is 17.4 Å². The van der Waals surface area contributed by atoms with Crippen molar-refractivity contribution in [2.45, 2.75) is 17.9 Å². The van der Waals surface area contributed by atoms with Gasteiger partial charge < -0.3 is 0 Å². The minimum absolute atomic E-state index is 0.381. The van der Waals surface area contributed by atoms with Crippen molar-refractivity contribution in [1.29, 1.82) is 0 Å². The van der Waals surface area contributed by atoms with Gasteiger partial charge in [0.05, 0.1) is 4.90 Å². The van der Waals surface area contributed by atoms with E-state index in [-0.39, 0.29) is 0 Å². The summed E-state index contributed by atoms with van der Waals surface area (Å²) in [5, 5.41) is 0. The third kappa shape index (κ3) is 4.09. The van der Waals surface area contributed by atoms with Crippen LogP contribution in [-0.2, 0) is 16.4 Å². The Bertz CT molecular complexity index is 793. The molecule has 2 aromatic carbocycles. The zero-order valence-corrected chi connectivity index (χ0v) is 14.1. The highest BCUT2D eigenvalue weighted by molar-refractivity contribution is 7.90. The Kier molecular flexibility index (Phi) is 4.64. The Morgan fingerprint density at radius 2 is 1.70 bits per heavy atom. The molecule has 120 valence electrons. The quantitative estimate of drug-likeness (QED) is 0.864. The van der Waals surface area contributed by atoms with Crippen LogP contribution in [0.15, 0.2) is 65.6 Å². The highest BCUT2D eigenvalue weighted by Gasteiger charge is 2.13. The average Bonchev–Trinajstić information content (AvgIpc) is 2.56. The standard InChI is InChI=1S/C19H21NO2S/c1-23(21,22)19-9-7-16(8-10-19)15-20-13-11-18(12-14-20)17-5-3-2-4-6-17/h2-11H,12-15H2,1H3. The van der Waals surface area contributed by atoms with Crippen LogP contribution in [0.5, 0.6) is 0 Å². The van der Waals surface area contributed by atoms with E-state index < -0.39 is 9.84 Å². The second kappa shape index (κ2) is 6.69. The Labute approximate surface area is 138 Å². The minimum atomic E-state index is -3.11. The van der Waals surface area contributed by atoms with Gasteiger partial charge in [-0.1, -0.05) is 48.5 Å². The fourth-order valence-electron chi connectivity index (χ4n) is 2.87. The molecule has 1 heterocycles. The summed E-state index contributed by atoms with van der Waals surface area (Å²) in [5.74, 6) is 0. The summed E-state index contributed by atoms with van der Waals surface area (Å²) in [6.45, 7) is 2.80. The largest absolute Gasteiger partial charge is 0.295 e. The third-order valence-corrected chi connectivity index (χ3v) is 5.32. The Balaban J connectivity index is 1.64. The lowest BCUT2D eigenvalue weighted by atomic mass is 9.99. The van der Waals surface area contributed by atoms with Crippen LogP contribution in [0, 0.1) is 0 Å². The van der Waals surface area contributed by atoms with Crippen molar-refractivity contribution in [1.82, 2.24) is 4.90 Å². The first-order chi connectivity index (χ1) is 11.0. The molecule has 3 rings (SSSR count). The fraction of sp³-hybridized carbons (Fsp3) is 0.263. The van der Waals surface area contributed by atoms with E-state index in [1.807, 2.05) is 18.2 Å². The molecule has 0 aliphatic carbocycles. The van der Waals surface area contributed by atoms with Crippen molar-refractivity contribution in [2.24, 2.45) is 0 Å². The van der Waals surface area contributed by atoms with Gasteiger partial charge in [0.25, 0.3) is 0 Å². The molecule has 0 saturated heterocycles. The number of benzene rings is 2. The molecule has 4 heteroatoms. The minimum Gasteiger partial charge on any atom is -0.295 e. The second-order valence-corrected chi connectivity index (χ2v) is 8.01. The Morgan fingerprint density at radius 3 is 2.26 bits per heavy atom. The van der Waals surface area contributed by atoms with E-state index >= 15 is 0 Å². The summed E-state index contributed by atoms with van der Waals surface area (Å²) < 4.78 is 23.0. The molecule has 0 unspecified atom stereocenters. The van der Waals surface area contributed by atoms with Crippen LogP contribution in [0.1, 0.15) is 17.5 Å². The molecule has 0 fully saturated rings. The summed E-state index contributed by atoms with van der Waals surface area (Å²) in [6.07, 6.45) is 4.58. The topological polar surface area (TPSA) is 37.4 Å². The SMILES string of the molecule is CS(=O)(=O)c1ccc(CN2CC=C(c3ccccc3)CC2)cc1. The molecule has 0 saturated carbocycles. The van der Waals surface area contributed by atoms with Gasteiger partial charge in [0, 0.05) is 25.9 Å². The maximum absolute atomic E-state index is 11.5. The Hall–Kier alpha value is -1.91. The summed E-state index contributed by atoms with van der Waals surface area (Å²) in [5.41, 5.74) is 3.87. The highest BCUT2D eigenvalue weighted by atomic mass is 32.2. The van der Waals surface area contributed by atoms with Gasteiger partial charge >= 0.3 is 0 Å². The molecule has 23 heavy (non-hydrogen) atoms. The highest BCUT2D eigenvalue weighted by Crippen LogP contribution is 2.23. The van der Waals surface area contributed by atoms with Crippen LogP contribution in [0.25, 0.3) is 5.57 Å². The van der Waals surface area contributed by atoms with E-state index in [4.69, 9.17) is 0 Å². The van der Waals surface area contributed by atoms with Crippen LogP contribution in [0.2, 0.25) is 0 Å². The van der Waals surface area contributed by atoms with Crippen molar-refractivity contribution < 1.29 is 8.42 Å². The van der Waals surface area contributed by atoms with E-state index in [9.17, 15) is 8.42 Å². The lowest BCUT2D eigenvalue weighted by Crippen LogP contribution is -2.28. The molecule has 3 nitrogen and oxygen atoms in total. The maximum atomic E-state index is 11.5. The van der Waals surface area contributed by atoms with Crippen molar-refractivity contribution >= 4 is 15.4 Å². The summed E-state index contributed by atoms with van der Waals surface area (Å²) in [4.78, 5) is 2.76. The molecule has 0 N–H and O–H groups in total. The van der Waals surface area contributed by atoms with E-state index in [0.29, 0.717) is 4.90 Å². The second-order valence-electron chi connectivity index (χ2n) is 6.00. The van der Waals surface area contributed by atoms with Crippen LogP contribution in [0.3, 0.4) is 0 Å². The number of hydrogen-bond acceptors (Lipinski definition) is 3. The number of sulfone groups is 1. The first-order valence-corrected chi connectivity index (χ1v) is 9.67. The predicted octanol–water partition coefficient (Wildman–Crippen LogP) is 3.38. The lowest BCUT2D eigenvalue weighted by Gasteiger charge is -2.26. The van der Waals surface area contributed by atoms with Crippen LogP contribution in [0.4, 0.5) is 0 Å². The van der Waals surface area contributed by atoms with Gasteiger partial charge in [0.2, 0.25) is 0 Å². The Morgan fingerprint density at radius 1 is 1.00 bits per heavy atom. The molecule has 0 bridgehead atoms. The van der Waals surface area contributed by atoms with Gasteiger partial charge in [0.15, 0.2) is 9.84 Å². The predicted molar refractivity (Wildman–Crippen MR) is 93.9 cm³/mol. The maximum Gasteiger partial charge on any atom is 0.175 e. The van der Waals surface area contributed by atoms with Crippen LogP contribution < -0.4 is 0 Å². The zero-order valence-electron chi connectivity index (χ0n) is 13.3. The average molecular weight is 327 g/mol. The van der Waals surface area contributed by atoms with E-state index in [2.05, 4.69) is 35.2 Å². The van der Waals surface area contributed by atoms with Gasteiger partial charge in [-0.3, -0.25) is 4.90 Å². The first-order valence-electron chi connectivity index (χ1n) is 7.78. The summed E-state index contributed by atoms with van der Waals surface area (Å²) in [6, 6.07) is 17.7. The van der Waals surface area contributed by atoms with Gasteiger partial charge in [-0.25, -0.2) is 8.42 Å². The number of nitrogens with zero attached hydrogens (tertiary/aromatic N) is 1. The molecule has 0 aromatic heterocycles. The third-order valence-electron chi connectivity index (χ3n) is 4.20. The smallest absolute Gasteiger partial charge is 0.175 e. The monoisotopic (exact) mass is 327 g/mol. The van der Waals surface area contributed by atoms with E-state index in [0.717, 1.165) is 31.6 Å². The zero-order chi connectivity index (χ0) is 16.3. The van der Waals surface area contributed by atoms with Crippen molar-refractivity contribution in [2.75, 3.05) is 19.3 Å². The molecule has 0 atom stereocenters. The number of rotatable bonds is 4. The normalized spacial score (nSPS) is 16.1. The number of hydrogen-bond donors (Lipinski definition) is 0. The molecule has 1 aliphatic heterocycles. The molecule has 0 spiro atoms. The van der Waals surface area contributed by atoms with Gasteiger partial charge in [-0.15, -0.1) is 0 Å².